The molecule has 0 radical (unpaired) electrons. The van der Waals surface area contributed by atoms with Gasteiger partial charge in [-0.05, 0) is 52.9 Å². The van der Waals surface area contributed by atoms with Crippen LogP contribution in [0.15, 0.2) is 107 Å². The summed E-state index contributed by atoms with van der Waals surface area (Å²) in [6, 6.07) is 22.5. The standard InChI is InChI=1S/C29H24FN5O2S/c30-23-8-4-7-21(13-23)17-35-26-10-9-24(14-22(26)15-32-35)33-28-25-11-12-38(18-27(36)37)29(25)34(19-31-28)16-20-5-2-1-3-6-20/h1-15,19,33H,16-18H2,(H,36,37). The van der Waals surface area contributed by atoms with Crippen molar-refractivity contribution >= 4 is 44.4 Å². The lowest BCUT2D eigenvalue weighted by molar-refractivity contribution is -0.133. The number of aliphatic imine (C=N–C) groups is 1. The average molecular weight is 526 g/mol. The van der Waals surface area contributed by atoms with Crippen LogP contribution in [0.25, 0.3) is 10.9 Å². The van der Waals surface area contributed by atoms with Gasteiger partial charge in [-0.1, -0.05) is 42.5 Å². The zero-order chi connectivity index (χ0) is 26.1. The van der Waals surface area contributed by atoms with E-state index in [-0.39, 0.29) is 11.6 Å². The number of benzene rings is 3. The molecule has 190 valence electrons. The maximum absolute atomic E-state index is 13.6. The molecule has 0 aliphatic carbocycles. The molecule has 1 aromatic heterocycles. The van der Waals surface area contributed by atoms with Gasteiger partial charge in [-0.15, -0.1) is 10.5 Å². The predicted molar refractivity (Wildman–Crippen MR) is 151 cm³/mol. The van der Waals surface area contributed by atoms with Crippen LogP contribution in [-0.4, -0.2) is 42.8 Å². The molecule has 4 aromatic rings. The number of aliphatic carboxylic acids is 1. The first-order chi connectivity index (χ1) is 18.5. The van der Waals surface area contributed by atoms with Crippen molar-refractivity contribution in [1.29, 1.82) is 0 Å². The van der Waals surface area contributed by atoms with E-state index in [2.05, 4.69) is 10.4 Å². The summed E-state index contributed by atoms with van der Waals surface area (Å²) >= 11 is 0. The van der Waals surface area contributed by atoms with E-state index in [0.29, 0.717) is 18.9 Å². The van der Waals surface area contributed by atoms with E-state index < -0.39 is 16.5 Å². The number of carbonyl (C=O) groups is 1. The first-order valence-corrected chi connectivity index (χ1v) is 13.5. The fraction of sp³-hybridized carbons (Fsp3) is 0.103. The number of aromatic nitrogens is 2. The summed E-state index contributed by atoms with van der Waals surface area (Å²) < 4.78 is 15.5. The molecule has 2 aliphatic heterocycles. The highest BCUT2D eigenvalue weighted by Crippen LogP contribution is 2.35. The highest BCUT2D eigenvalue weighted by Gasteiger charge is 2.27. The number of nitrogens with zero attached hydrogens (tertiary/aromatic N) is 4. The number of carboxylic acids is 1. The lowest BCUT2D eigenvalue weighted by Crippen LogP contribution is -2.33. The quantitative estimate of drug-likeness (QED) is 0.301. The second-order valence-electron chi connectivity index (χ2n) is 9.03. The SMILES string of the molecule is O=C(O)CS1=C2C(=C(Nc3ccc4c(cnn4Cc4cccc(F)c4)c3)N=CN2Cc2ccccc2)C=C1. The normalized spacial score (nSPS) is 16.4. The summed E-state index contributed by atoms with van der Waals surface area (Å²) in [6.45, 7) is 1.08. The van der Waals surface area contributed by atoms with Crippen LogP contribution >= 0.6 is 10.5 Å². The van der Waals surface area contributed by atoms with Crippen LogP contribution in [0.5, 0.6) is 0 Å². The van der Waals surface area contributed by atoms with Gasteiger partial charge in [0.25, 0.3) is 0 Å². The Labute approximate surface area is 221 Å². The van der Waals surface area contributed by atoms with Crippen molar-refractivity contribution in [2.75, 3.05) is 11.1 Å². The van der Waals surface area contributed by atoms with Crippen molar-refractivity contribution < 1.29 is 14.3 Å². The Morgan fingerprint density at radius 3 is 2.66 bits per heavy atom. The number of hydrogen-bond acceptors (Lipinski definition) is 5. The van der Waals surface area contributed by atoms with E-state index in [1.165, 1.54) is 12.1 Å². The molecule has 9 heteroatoms. The molecule has 3 heterocycles. The smallest absolute Gasteiger partial charge is 0.313 e. The highest BCUT2D eigenvalue weighted by molar-refractivity contribution is 8.19. The molecule has 6 rings (SSSR count). The van der Waals surface area contributed by atoms with Crippen molar-refractivity contribution in [2.24, 2.45) is 4.99 Å². The topological polar surface area (TPSA) is 82.8 Å². The third-order valence-electron chi connectivity index (χ3n) is 6.32. The maximum atomic E-state index is 13.6. The van der Waals surface area contributed by atoms with Crippen LogP contribution < -0.4 is 5.32 Å². The molecule has 1 unspecified atom stereocenters. The van der Waals surface area contributed by atoms with E-state index in [4.69, 9.17) is 4.99 Å². The molecule has 0 saturated heterocycles. The number of anilines is 1. The summed E-state index contributed by atoms with van der Waals surface area (Å²) in [4.78, 5) is 19.3. The molecular weight excluding hydrogens is 501 g/mol. The predicted octanol–water partition coefficient (Wildman–Crippen LogP) is 5.40. The molecule has 2 aliphatic rings. The van der Waals surface area contributed by atoms with Gasteiger partial charge in [-0.25, -0.2) is 9.38 Å². The Kier molecular flexibility index (Phi) is 6.35. The minimum absolute atomic E-state index is 0.0399. The summed E-state index contributed by atoms with van der Waals surface area (Å²) in [7, 11) is -0.563. The number of fused-ring (bicyclic) bond motifs is 2. The summed E-state index contributed by atoms with van der Waals surface area (Å²) in [5, 5.41) is 20.3. The highest BCUT2D eigenvalue weighted by atomic mass is 32.2. The number of rotatable bonds is 8. The molecular formula is C29H24FN5O2S. The van der Waals surface area contributed by atoms with Gasteiger partial charge in [-0.2, -0.15) is 5.10 Å². The van der Waals surface area contributed by atoms with Gasteiger partial charge in [0, 0.05) is 23.2 Å². The molecule has 0 fully saturated rings. The number of halogens is 1. The second-order valence-corrected chi connectivity index (χ2v) is 10.8. The minimum atomic E-state index is -0.830. The van der Waals surface area contributed by atoms with Crippen molar-refractivity contribution in [3.63, 3.8) is 0 Å². The fourth-order valence-corrected chi connectivity index (χ4v) is 6.43. The van der Waals surface area contributed by atoms with E-state index >= 15 is 0 Å². The van der Waals surface area contributed by atoms with E-state index in [1.807, 2.05) is 75.7 Å². The molecule has 0 bridgehead atoms. The second kappa shape index (κ2) is 10.1. The van der Waals surface area contributed by atoms with E-state index in [9.17, 15) is 14.3 Å². The fourth-order valence-electron chi connectivity index (χ4n) is 4.64. The maximum Gasteiger partial charge on any atom is 0.313 e. The van der Waals surface area contributed by atoms with Gasteiger partial charge in [0.2, 0.25) is 0 Å². The average Bonchev–Trinajstić information content (AvgIpc) is 3.50. The van der Waals surface area contributed by atoms with Gasteiger partial charge >= 0.3 is 5.97 Å². The molecule has 38 heavy (non-hydrogen) atoms. The zero-order valence-electron chi connectivity index (χ0n) is 20.3. The lowest BCUT2D eigenvalue weighted by Gasteiger charge is -2.28. The van der Waals surface area contributed by atoms with E-state index in [1.54, 1.807) is 18.6 Å². The van der Waals surface area contributed by atoms with Crippen LogP contribution in [0.1, 0.15) is 11.1 Å². The minimum Gasteiger partial charge on any atom is -0.481 e. The Balaban J connectivity index is 1.28. The van der Waals surface area contributed by atoms with Crippen LogP contribution in [0.2, 0.25) is 0 Å². The van der Waals surface area contributed by atoms with Gasteiger partial charge in [-0.3, -0.25) is 9.48 Å². The number of carboxylic acid groups (broad SMARTS) is 1. The van der Waals surface area contributed by atoms with Gasteiger partial charge < -0.3 is 15.3 Å². The Bertz CT molecular complexity index is 1670. The van der Waals surface area contributed by atoms with E-state index in [0.717, 1.165) is 38.3 Å². The van der Waals surface area contributed by atoms with Gasteiger partial charge in [0.1, 0.15) is 11.6 Å². The number of nitrogens with one attached hydrogen (secondary N) is 1. The summed E-state index contributed by atoms with van der Waals surface area (Å²) in [6.07, 6.45) is 5.53. The van der Waals surface area contributed by atoms with Crippen LogP contribution in [-0.2, 0) is 17.9 Å². The van der Waals surface area contributed by atoms with Crippen molar-refractivity contribution in [2.45, 2.75) is 13.1 Å². The monoisotopic (exact) mass is 525 g/mol. The molecule has 0 spiro atoms. The molecule has 3 aromatic carbocycles. The largest absolute Gasteiger partial charge is 0.481 e. The first-order valence-electron chi connectivity index (χ1n) is 12.1. The van der Waals surface area contributed by atoms with Crippen molar-refractivity contribution in [1.82, 2.24) is 14.7 Å². The molecule has 2 N–H and O–H groups in total. The zero-order valence-corrected chi connectivity index (χ0v) is 21.1. The third kappa shape index (κ3) is 4.88. The van der Waals surface area contributed by atoms with Crippen LogP contribution in [0.3, 0.4) is 0 Å². The first kappa shape index (κ1) is 23.9. The molecule has 1 atom stereocenters. The summed E-state index contributed by atoms with van der Waals surface area (Å²) in [5.74, 6) is -0.381. The molecule has 0 amide bonds. The van der Waals surface area contributed by atoms with Crippen LogP contribution in [0.4, 0.5) is 10.1 Å². The third-order valence-corrected chi connectivity index (χ3v) is 8.29. The Morgan fingerprint density at radius 2 is 1.84 bits per heavy atom. The molecule has 0 saturated carbocycles. The van der Waals surface area contributed by atoms with Crippen LogP contribution in [0, 0.1) is 5.82 Å². The van der Waals surface area contributed by atoms with Crippen molar-refractivity contribution in [3.05, 3.63) is 119 Å². The number of hydrogen-bond donors (Lipinski definition) is 2. The van der Waals surface area contributed by atoms with Crippen molar-refractivity contribution in [3.8, 4) is 0 Å². The summed E-state index contributed by atoms with van der Waals surface area (Å²) in [5.41, 5.74) is 4.64. The van der Waals surface area contributed by atoms with Gasteiger partial charge in [0.05, 0.1) is 35.3 Å². The van der Waals surface area contributed by atoms with Gasteiger partial charge in [0.15, 0.2) is 0 Å². The lowest BCUT2D eigenvalue weighted by atomic mass is 10.1. The molecule has 7 nitrogen and oxygen atoms in total. The Hall–Kier alpha value is -4.50. The Morgan fingerprint density at radius 1 is 1.00 bits per heavy atom.